The van der Waals surface area contributed by atoms with Crippen molar-refractivity contribution in [1.29, 1.82) is 0 Å². The topological polar surface area (TPSA) is 75.4 Å². The van der Waals surface area contributed by atoms with Crippen LogP contribution in [0.15, 0.2) is 12.3 Å². The van der Waals surface area contributed by atoms with Gasteiger partial charge in [0.05, 0.1) is 0 Å². The highest BCUT2D eigenvalue weighted by Gasteiger charge is 2.08. The van der Waals surface area contributed by atoms with Gasteiger partial charge >= 0.3 is 5.97 Å². The highest BCUT2D eigenvalue weighted by atomic mass is 16.4. The minimum Gasteiger partial charge on any atom is -0.476 e. The summed E-state index contributed by atoms with van der Waals surface area (Å²) in [5, 5.41) is 12.4. The second-order valence-corrected chi connectivity index (χ2v) is 3.31. The third-order valence-corrected chi connectivity index (χ3v) is 1.91. The summed E-state index contributed by atoms with van der Waals surface area (Å²) in [7, 11) is 3.35. The predicted molar refractivity (Wildman–Crippen MR) is 52.5 cm³/mol. The van der Waals surface area contributed by atoms with E-state index < -0.39 is 5.97 Å². The zero-order valence-corrected chi connectivity index (χ0v) is 8.67. The lowest BCUT2D eigenvalue weighted by Gasteiger charge is -2.09. The van der Waals surface area contributed by atoms with Crippen molar-refractivity contribution in [1.82, 2.24) is 14.7 Å². The zero-order chi connectivity index (χ0) is 11.4. The minimum absolute atomic E-state index is 0.00713. The van der Waals surface area contributed by atoms with E-state index in [0.29, 0.717) is 13.0 Å². The molecule has 1 N–H and O–H groups in total. The predicted octanol–water partition coefficient (Wildman–Crippen LogP) is 0.0596. The maximum atomic E-state index is 11.2. The molecule has 0 aliphatic heterocycles. The van der Waals surface area contributed by atoms with Gasteiger partial charge in [0.1, 0.15) is 0 Å². The summed E-state index contributed by atoms with van der Waals surface area (Å²) >= 11 is 0. The Morgan fingerprint density at radius 3 is 2.67 bits per heavy atom. The Balaban J connectivity index is 2.51. The fraction of sp³-hybridized carbons (Fsp3) is 0.444. The molecule has 0 radical (unpaired) electrons. The number of hydrogen-bond acceptors (Lipinski definition) is 3. The van der Waals surface area contributed by atoms with E-state index in [1.807, 2.05) is 0 Å². The molecule has 0 saturated heterocycles. The van der Waals surface area contributed by atoms with E-state index >= 15 is 0 Å². The minimum atomic E-state index is -1.06. The smallest absolute Gasteiger partial charge is 0.356 e. The van der Waals surface area contributed by atoms with Crippen molar-refractivity contribution >= 4 is 11.9 Å². The van der Waals surface area contributed by atoms with Crippen LogP contribution in [0.1, 0.15) is 16.9 Å². The van der Waals surface area contributed by atoms with E-state index in [4.69, 9.17) is 5.11 Å². The Kier molecular flexibility index (Phi) is 3.43. The fourth-order valence-corrected chi connectivity index (χ4v) is 1.03. The molecule has 0 saturated carbocycles. The molecule has 6 nitrogen and oxygen atoms in total. The van der Waals surface area contributed by atoms with Gasteiger partial charge in [0.25, 0.3) is 0 Å². The number of carbonyl (C=O) groups is 2. The Labute approximate surface area is 87.1 Å². The monoisotopic (exact) mass is 211 g/mol. The first kappa shape index (κ1) is 11.2. The second kappa shape index (κ2) is 4.59. The van der Waals surface area contributed by atoms with Gasteiger partial charge in [-0.2, -0.15) is 5.10 Å². The lowest BCUT2D eigenvalue weighted by Crippen LogP contribution is -2.23. The van der Waals surface area contributed by atoms with Gasteiger partial charge in [-0.05, 0) is 6.07 Å². The first-order valence-electron chi connectivity index (χ1n) is 4.47. The highest BCUT2D eigenvalue weighted by Crippen LogP contribution is 1.98. The zero-order valence-electron chi connectivity index (χ0n) is 8.67. The summed E-state index contributed by atoms with van der Waals surface area (Å²) in [4.78, 5) is 23.2. The number of nitrogens with zero attached hydrogens (tertiary/aromatic N) is 3. The first-order valence-corrected chi connectivity index (χ1v) is 4.47. The van der Waals surface area contributed by atoms with Gasteiger partial charge in [-0.1, -0.05) is 0 Å². The third-order valence-electron chi connectivity index (χ3n) is 1.91. The number of carboxylic acids is 1. The van der Waals surface area contributed by atoms with Crippen molar-refractivity contribution in [2.75, 3.05) is 14.1 Å². The van der Waals surface area contributed by atoms with Crippen LogP contribution >= 0.6 is 0 Å². The molecule has 1 rings (SSSR count). The van der Waals surface area contributed by atoms with Gasteiger partial charge in [0, 0.05) is 33.3 Å². The van der Waals surface area contributed by atoms with Gasteiger partial charge < -0.3 is 10.0 Å². The molecule has 82 valence electrons. The lowest BCUT2D eigenvalue weighted by molar-refractivity contribution is -0.128. The molecule has 1 heterocycles. The van der Waals surface area contributed by atoms with Gasteiger partial charge in [-0.25, -0.2) is 4.79 Å². The summed E-state index contributed by atoms with van der Waals surface area (Å²) < 4.78 is 1.45. The second-order valence-electron chi connectivity index (χ2n) is 3.31. The van der Waals surface area contributed by atoms with E-state index in [2.05, 4.69) is 5.10 Å². The van der Waals surface area contributed by atoms with E-state index in [1.54, 1.807) is 20.3 Å². The number of aromatic nitrogens is 2. The van der Waals surface area contributed by atoms with Crippen LogP contribution in [0.25, 0.3) is 0 Å². The molecule has 0 fully saturated rings. The summed E-state index contributed by atoms with van der Waals surface area (Å²) in [5.74, 6) is -1.07. The van der Waals surface area contributed by atoms with Crippen LogP contribution in [0, 0.1) is 0 Å². The van der Waals surface area contributed by atoms with Crippen molar-refractivity contribution in [3.63, 3.8) is 0 Å². The molecule has 1 aromatic heterocycles. The average molecular weight is 211 g/mol. The Morgan fingerprint density at radius 2 is 2.20 bits per heavy atom. The summed E-state index contributed by atoms with van der Waals surface area (Å²) in [6.45, 7) is 0.393. The van der Waals surface area contributed by atoms with Crippen molar-refractivity contribution in [2.45, 2.75) is 13.0 Å². The van der Waals surface area contributed by atoms with Crippen molar-refractivity contribution in [3.05, 3.63) is 18.0 Å². The van der Waals surface area contributed by atoms with Gasteiger partial charge in [-0.3, -0.25) is 9.48 Å². The Morgan fingerprint density at radius 1 is 1.53 bits per heavy atom. The largest absolute Gasteiger partial charge is 0.476 e. The van der Waals surface area contributed by atoms with Crippen LogP contribution < -0.4 is 0 Å². The third kappa shape index (κ3) is 3.08. The van der Waals surface area contributed by atoms with Crippen molar-refractivity contribution in [3.8, 4) is 0 Å². The van der Waals surface area contributed by atoms with E-state index in [0.717, 1.165) is 0 Å². The number of aromatic carboxylic acids is 1. The fourth-order valence-electron chi connectivity index (χ4n) is 1.03. The quantitative estimate of drug-likeness (QED) is 0.764. The molecule has 0 aromatic carbocycles. The molecule has 15 heavy (non-hydrogen) atoms. The number of aryl methyl sites for hydroxylation is 1. The van der Waals surface area contributed by atoms with E-state index in [1.165, 1.54) is 15.6 Å². The van der Waals surface area contributed by atoms with Crippen LogP contribution in [0.4, 0.5) is 0 Å². The Hall–Kier alpha value is -1.85. The molecule has 0 atom stereocenters. The SMILES string of the molecule is CN(C)C(=O)CCn1ccc(C(=O)O)n1. The molecular weight excluding hydrogens is 198 g/mol. The summed E-state index contributed by atoms with van der Waals surface area (Å²) in [5.41, 5.74) is -0.00713. The summed E-state index contributed by atoms with van der Waals surface area (Å²) in [6, 6.07) is 1.41. The molecule has 1 aromatic rings. The van der Waals surface area contributed by atoms with Crippen molar-refractivity contribution in [2.24, 2.45) is 0 Å². The van der Waals surface area contributed by atoms with Gasteiger partial charge in [0.15, 0.2) is 5.69 Å². The molecule has 0 aliphatic rings. The normalized spacial score (nSPS) is 10.0. The van der Waals surface area contributed by atoms with E-state index in [-0.39, 0.29) is 11.6 Å². The maximum absolute atomic E-state index is 11.2. The maximum Gasteiger partial charge on any atom is 0.356 e. The molecule has 0 spiro atoms. The number of carbonyl (C=O) groups excluding carboxylic acids is 1. The molecule has 6 heteroatoms. The number of amides is 1. The first-order chi connectivity index (χ1) is 7.00. The summed E-state index contributed by atoms with van der Waals surface area (Å²) in [6.07, 6.45) is 1.86. The van der Waals surface area contributed by atoms with Crippen molar-refractivity contribution < 1.29 is 14.7 Å². The molecule has 0 aliphatic carbocycles. The van der Waals surface area contributed by atoms with Crippen LogP contribution in [-0.4, -0.2) is 45.8 Å². The van der Waals surface area contributed by atoms with Gasteiger partial charge in [-0.15, -0.1) is 0 Å². The van der Waals surface area contributed by atoms with Gasteiger partial charge in [0.2, 0.25) is 5.91 Å². The number of carboxylic acid groups (broad SMARTS) is 1. The molecular formula is C9H13N3O3. The van der Waals surface area contributed by atoms with E-state index in [9.17, 15) is 9.59 Å². The molecule has 0 unspecified atom stereocenters. The van der Waals surface area contributed by atoms with Crippen LogP contribution in [0.5, 0.6) is 0 Å². The number of hydrogen-bond donors (Lipinski definition) is 1. The number of rotatable bonds is 4. The lowest BCUT2D eigenvalue weighted by atomic mass is 10.4. The van der Waals surface area contributed by atoms with Crippen LogP contribution in [-0.2, 0) is 11.3 Å². The highest BCUT2D eigenvalue weighted by molar-refractivity contribution is 5.85. The standard InChI is InChI=1S/C9H13N3O3/c1-11(2)8(13)4-6-12-5-3-7(10-12)9(14)15/h3,5H,4,6H2,1-2H3,(H,14,15). The van der Waals surface area contributed by atoms with Crippen LogP contribution in [0.3, 0.4) is 0 Å². The van der Waals surface area contributed by atoms with Crippen LogP contribution in [0.2, 0.25) is 0 Å². The molecule has 0 bridgehead atoms. The Bertz CT molecular complexity index is 370. The average Bonchev–Trinajstić information content (AvgIpc) is 2.62. The molecule has 1 amide bonds.